The van der Waals surface area contributed by atoms with Crippen molar-refractivity contribution in [2.75, 3.05) is 38.4 Å². The van der Waals surface area contributed by atoms with Gasteiger partial charge in [-0.3, -0.25) is 23.7 Å². The number of anilines is 1. The van der Waals surface area contributed by atoms with Crippen LogP contribution in [0, 0.1) is 0 Å². The van der Waals surface area contributed by atoms with Crippen molar-refractivity contribution in [2.45, 2.75) is 36.1 Å². The molecule has 0 radical (unpaired) electrons. The molecule has 182 valence electrons. The monoisotopic (exact) mass is 505 g/mol. The molecule has 5 atom stereocenters. The van der Waals surface area contributed by atoms with Crippen molar-refractivity contribution in [3.63, 3.8) is 0 Å². The summed E-state index contributed by atoms with van der Waals surface area (Å²) in [6, 6.07) is 0. The number of ether oxygens (including phenoxy) is 2. The summed E-state index contributed by atoms with van der Waals surface area (Å²) in [6.07, 6.45) is -4.61. The highest BCUT2D eigenvalue weighted by Crippen LogP contribution is 2.50. The van der Waals surface area contributed by atoms with Crippen LogP contribution in [-0.4, -0.2) is 81.5 Å². The number of aliphatic hydroxyl groups is 1. The van der Waals surface area contributed by atoms with E-state index in [0.717, 1.165) is 11.8 Å². The maximum atomic E-state index is 12.4. The largest absolute Gasteiger partial charge is 0.756 e. The number of nitrogens with one attached hydrogen (secondary N) is 2. The minimum atomic E-state index is -4.58. The topological polar surface area (TPSA) is 216 Å². The van der Waals surface area contributed by atoms with Crippen molar-refractivity contribution >= 4 is 42.6 Å². The van der Waals surface area contributed by atoms with Gasteiger partial charge >= 0.3 is 0 Å². The van der Waals surface area contributed by atoms with Crippen LogP contribution < -0.4 is 21.5 Å². The van der Waals surface area contributed by atoms with Crippen LogP contribution in [0.5, 0.6) is 0 Å². The van der Waals surface area contributed by atoms with Gasteiger partial charge in [0.2, 0.25) is 11.9 Å². The Kier molecular flexibility index (Phi) is 7.07. The Morgan fingerprint density at radius 1 is 1.52 bits per heavy atom. The van der Waals surface area contributed by atoms with E-state index in [-0.39, 0.29) is 47.0 Å². The second-order valence-electron chi connectivity index (χ2n) is 7.20. The lowest BCUT2D eigenvalue weighted by Crippen LogP contribution is -2.41. The molecular formula is C16H22N6O9PS-. The fourth-order valence-electron chi connectivity index (χ4n) is 3.47. The van der Waals surface area contributed by atoms with Gasteiger partial charge in [0.1, 0.15) is 18.3 Å². The lowest BCUT2D eigenvalue weighted by Gasteiger charge is -2.34. The van der Waals surface area contributed by atoms with E-state index in [1.807, 2.05) is 0 Å². The van der Waals surface area contributed by atoms with E-state index in [9.17, 15) is 24.2 Å². The standard InChI is InChI=1S/C16H23N6O9PS/c1-28-4-3-18-8(23)2-5-33-16-19-9-12(20-15(17)21-13(9)25)22(16)14-10(24)11-7(30-14)6-29-32(26,27)31-11/h7,10-11,14,24H,2-6H2,1H3,(H,18,23)(H,26,27)(H3,17,20,21,25)/p-1/t7?,10?,11-,14-/m1/s1. The van der Waals surface area contributed by atoms with Gasteiger partial charge < -0.3 is 39.6 Å². The number of hydrogen-bond acceptors (Lipinski definition) is 13. The molecule has 0 spiro atoms. The minimum absolute atomic E-state index is 0.0252. The highest BCUT2D eigenvalue weighted by Gasteiger charge is 2.51. The third-order valence-electron chi connectivity index (χ3n) is 4.94. The van der Waals surface area contributed by atoms with Crippen molar-refractivity contribution in [3.8, 4) is 0 Å². The molecule has 0 aliphatic carbocycles. The molecule has 1 amide bonds. The van der Waals surface area contributed by atoms with Crippen molar-refractivity contribution < 1.29 is 37.9 Å². The molecule has 33 heavy (non-hydrogen) atoms. The number of carbonyl (C=O) groups is 1. The lowest BCUT2D eigenvalue weighted by molar-refractivity contribution is -0.245. The third-order valence-corrected chi connectivity index (χ3v) is 6.86. The van der Waals surface area contributed by atoms with Crippen LogP contribution in [0.25, 0.3) is 11.2 Å². The van der Waals surface area contributed by atoms with Crippen LogP contribution in [-0.2, 0) is 27.9 Å². The van der Waals surface area contributed by atoms with Gasteiger partial charge in [-0.25, -0.2) is 4.98 Å². The van der Waals surface area contributed by atoms with E-state index in [4.69, 9.17) is 19.7 Å². The number of carbonyl (C=O) groups excluding carboxylic acids is 1. The summed E-state index contributed by atoms with van der Waals surface area (Å²) >= 11 is 1.12. The Morgan fingerprint density at radius 2 is 2.30 bits per heavy atom. The molecule has 15 nitrogen and oxygen atoms in total. The molecule has 2 aliphatic heterocycles. The second kappa shape index (κ2) is 9.68. The Bertz CT molecular complexity index is 1140. The number of aromatic nitrogens is 4. The first-order valence-electron chi connectivity index (χ1n) is 9.84. The lowest BCUT2D eigenvalue weighted by atomic mass is 10.1. The molecule has 2 aliphatic rings. The third kappa shape index (κ3) is 5.07. The zero-order chi connectivity index (χ0) is 23.8. The molecule has 4 heterocycles. The van der Waals surface area contributed by atoms with Crippen LogP contribution in [0.3, 0.4) is 0 Å². The van der Waals surface area contributed by atoms with Crippen molar-refractivity contribution in [1.29, 1.82) is 0 Å². The molecule has 5 N–H and O–H groups in total. The minimum Gasteiger partial charge on any atom is -0.756 e. The Balaban J connectivity index is 1.60. The number of imidazole rings is 1. The number of phosphoric acid groups is 1. The number of nitrogens with zero attached hydrogens (tertiary/aromatic N) is 3. The Hall–Kier alpha value is -2.04. The Morgan fingerprint density at radius 3 is 3.06 bits per heavy atom. The van der Waals surface area contributed by atoms with Gasteiger partial charge in [-0.2, -0.15) is 4.98 Å². The molecule has 2 fully saturated rings. The number of aromatic amines is 1. The smallest absolute Gasteiger partial charge is 0.280 e. The number of amides is 1. The number of methoxy groups -OCH3 is 1. The van der Waals surface area contributed by atoms with Gasteiger partial charge in [-0.15, -0.1) is 0 Å². The summed E-state index contributed by atoms with van der Waals surface area (Å²) in [5, 5.41) is 13.7. The maximum absolute atomic E-state index is 12.4. The van der Waals surface area contributed by atoms with Crippen molar-refractivity contribution in [1.82, 2.24) is 24.8 Å². The second-order valence-corrected chi connectivity index (χ2v) is 9.62. The highest BCUT2D eigenvalue weighted by atomic mass is 32.2. The van der Waals surface area contributed by atoms with Crippen LogP contribution in [0.15, 0.2) is 9.95 Å². The zero-order valence-electron chi connectivity index (χ0n) is 17.3. The first-order chi connectivity index (χ1) is 15.7. The average Bonchev–Trinajstić information content (AvgIpc) is 3.25. The predicted molar refractivity (Wildman–Crippen MR) is 111 cm³/mol. The van der Waals surface area contributed by atoms with Gasteiger partial charge in [0, 0.05) is 25.8 Å². The Labute approximate surface area is 190 Å². The number of hydrogen-bond donors (Lipinski definition) is 4. The van der Waals surface area contributed by atoms with E-state index >= 15 is 0 Å². The van der Waals surface area contributed by atoms with Crippen LogP contribution >= 0.6 is 19.6 Å². The number of nitrogens with two attached hydrogens (primary N) is 1. The molecule has 0 bridgehead atoms. The molecule has 2 aromatic heterocycles. The SMILES string of the molecule is COCCNC(=O)CCSc1nc2c(=O)[nH]c(N)nc2n1[C@@H]1OC2COP(=O)([O-])O[C@H]2C1O. The number of nitrogen functional groups attached to an aromatic ring is 1. The van der Waals surface area contributed by atoms with E-state index in [1.165, 1.54) is 11.7 Å². The van der Waals surface area contributed by atoms with Gasteiger partial charge in [-0.05, 0) is 0 Å². The van der Waals surface area contributed by atoms with Crippen molar-refractivity contribution in [3.05, 3.63) is 10.4 Å². The molecule has 0 aromatic carbocycles. The summed E-state index contributed by atoms with van der Waals surface area (Å²) in [6.45, 7) is 0.408. The number of fused-ring (bicyclic) bond motifs is 2. The number of H-pyrrole nitrogens is 1. The molecule has 4 rings (SSSR count). The summed E-state index contributed by atoms with van der Waals surface area (Å²) in [5.41, 5.74) is 5.04. The molecule has 2 saturated heterocycles. The highest BCUT2D eigenvalue weighted by molar-refractivity contribution is 7.99. The zero-order valence-corrected chi connectivity index (χ0v) is 19.0. The number of rotatable bonds is 8. The van der Waals surface area contributed by atoms with Crippen molar-refractivity contribution in [2.24, 2.45) is 0 Å². The van der Waals surface area contributed by atoms with Gasteiger partial charge in [0.15, 0.2) is 22.5 Å². The van der Waals surface area contributed by atoms with Crippen LogP contribution in [0.1, 0.15) is 12.6 Å². The summed E-state index contributed by atoms with van der Waals surface area (Å²) in [4.78, 5) is 46.7. The van der Waals surface area contributed by atoms with E-state index in [1.54, 1.807) is 0 Å². The van der Waals surface area contributed by atoms with Gasteiger partial charge in [-0.1, -0.05) is 11.8 Å². The van der Waals surface area contributed by atoms with Gasteiger partial charge in [0.05, 0.1) is 13.2 Å². The molecular weight excluding hydrogens is 483 g/mol. The summed E-state index contributed by atoms with van der Waals surface area (Å²) < 4.78 is 33.2. The predicted octanol–water partition coefficient (Wildman–Crippen LogP) is -1.91. The van der Waals surface area contributed by atoms with E-state index in [2.05, 4.69) is 24.8 Å². The summed E-state index contributed by atoms with van der Waals surface area (Å²) in [7, 11) is -3.05. The first kappa shape index (κ1) is 24.1. The van der Waals surface area contributed by atoms with E-state index in [0.29, 0.717) is 13.2 Å². The van der Waals surface area contributed by atoms with Gasteiger partial charge in [0.25, 0.3) is 13.4 Å². The molecule has 17 heteroatoms. The fraction of sp³-hybridized carbons (Fsp3) is 0.625. The quantitative estimate of drug-likeness (QED) is 0.175. The molecule has 2 aromatic rings. The fourth-order valence-corrected chi connectivity index (χ4v) is 5.37. The molecule has 3 unspecified atom stereocenters. The number of phosphoric ester groups is 1. The summed E-state index contributed by atoms with van der Waals surface area (Å²) in [5.74, 6) is -0.112. The van der Waals surface area contributed by atoms with E-state index < -0.39 is 37.9 Å². The number of aliphatic hydroxyl groups excluding tert-OH is 1. The first-order valence-corrected chi connectivity index (χ1v) is 12.3. The normalized spacial score (nSPS) is 29.3. The van der Waals surface area contributed by atoms with Crippen LogP contribution in [0.4, 0.5) is 5.95 Å². The average molecular weight is 505 g/mol. The van der Waals surface area contributed by atoms with Crippen LogP contribution in [0.2, 0.25) is 0 Å². The maximum Gasteiger partial charge on any atom is 0.280 e. The number of thioether (sulfide) groups is 1. The molecule has 0 saturated carbocycles.